The molecule has 6 nitrogen and oxygen atoms in total. The van der Waals surface area contributed by atoms with Crippen molar-refractivity contribution < 1.29 is 27.2 Å². The highest BCUT2D eigenvalue weighted by atomic mass is 19.4. The number of rotatable bonds is 4. The molecule has 0 bridgehead atoms. The van der Waals surface area contributed by atoms with Crippen LogP contribution in [0.3, 0.4) is 0 Å². The van der Waals surface area contributed by atoms with E-state index in [2.05, 4.69) is 4.99 Å². The Hall–Kier alpha value is -3.10. The second-order valence-corrected chi connectivity index (χ2v) is 6.16. The summed E-state index contributed by atoms with van der Waals surface area (Å²) in [6, 6.07) is 9.01. The Morgan fingerprint density at radius 3 is 2.44 bits per heavy atom. The third-order valence-electron chi connectivity index (χ3n) is 4.19. The number of furan rings is 1. The summed E-state index contributed by atoms with van der Waals surface area (Å²) in [4.78, 5) is 29.4. The number of hydrogen-bond acceptors (Lipinski definition) is 4. The van der Waals surface area contributed by atoms with E-state index in [1.807, 2.05) is 0 Å². The zero-order chi connectivity index (χ0) is 19.8. The standard InChI is InChI=1S/C18H16F3N3O3/c1-11-5-7-13(8-6-11)15(25)23-17(18(19,20)21)16(26)24(12(2)22-17)10-14-4-3-9-27-14/h3-9H,10H2,1-2H3,(H,23,25). The summed E-state index contributed by atoms with van der Waals surface area (Å²) in [6.45, 7) is 2.82. The maximum atomic E-state index is 13.8. The first-order valence-corrected chi connectivity index (χ1v) is 8.01. The van der Waals surface area contributed by atoms with Crippen molar-refractivity contribution in [3.63, 3.8) is 0 Å². The molecule has 1 aromatic carbocycles. The monoisotopic (exact) mass is 379 g/mol. The maximum Gasteiger partial charge on any atom is 0.442 e. The van der Waals surface area contributed by atoms with Crippen molar-refractivity contribution >= 4 is 17.6 Å². The number of nitrogens with one attached hydrogen (secondary N) is 1. The average Bonchev–Trinajstić information content (AvgIpc) is 3.18. The molecule has 0 fully saturated rings. The first kappa shape index (κ1) is 18.7. The van der Waals surface area contributed by atoms with Crippen molar-refractivity contribution in [2.45, 2.75) is 32.2 Å². The first-order chi connectivity index (χ1) is 12.6. The number of benzene rings is 1. The predicted molar refractivity (Wildman–Crippen MR) is 89.8 cm³/mol. The highest BCUT2D eigenvalue weighted by molar-refractivity contribution is 6.10. The Bertz CT molecular complexity index is 889. The topological polar surface area (TPSA) is 74.9 Å². The summed E-state index contributed by atoms with van der Waals surface area (Å²) >= 11 is 0. The molecular weight excluding hydrogens is 363 g/mol. The largest absolute Gasteiger partial charge is 0.467 e. The Balaban J connectivity index is 1.93. The molecule has 2 heterocycles. The third kappa shape index (κ3) is 3.32. The van der Waals surface area contributed by atoms with Gasteiger partial charge in [-0.25, -0.2) is 4.99 Å². The zero-order valence-corrected chi connectivity index (χ0v) is 14.5. The quantitative estimate of drug-likeness (QED) is 0.887. The van der Waals surface area contributed by atoms with Gasteiger partial charge in [0.05, 0.1) is 12.8 Å². The normalized spacial score (nSPS) is 20.0. The number of hydrogen-bond donors (Lipinski definition) is 1. The van der Waals surface area contributed by atoms with Crippen LogP contribution in [0.4, 0.5) is 13.2 Å². The molecule has 0 radical (unpaired) electrons. The van der Waals surface area contributed by atoms with Gasteiger partial charge in [-0.15, -0.1) is 0 Å². The smallest absolute Gasteiger partial charge is 0.442 e. The number of nitrogens with zero attached hydrogens (tertiary/aromatic N) is 2. The summed E-state index contributed by atoms with van der Waals surface area (Å²) in [6.07, 6.45) is -3.78. The molecular formula is C18H16F3N3O3. The molecule has 2 aromatic rings. The lowest BCUT2D eigenvalue weighted by Crippen LogP contribution is -2.63. The van der Waals surface area contributed by atoms with Crippen LogP contribution in [0.25, 0.3) is 0 Å². The number of halogens is 3. The van der Waals surface area contributed by atoms with Crippen LogP contribution in [-0.4, -0.2) is 34.4 Å². The Morgan fingerprint density at radius 2 is 1.89 bits per heavy atom. The minimum Gasteiger partial charge on any atom is -0.467 e. The average molecular weight is 379 g/mol. The number of amidine groups is 1. The lowest BCUT2D eigenvalue weighted by molar-refractivity contribution is -0.196. The number of aryl methyl sites for hydroxylation is 1. The van der Waals surface area contributed by atoms with Crippen molar-refractivity contribution in [3.05, 3.63) is 59.5 Å². The second-order valence-electron chi connectivity index (χ2n) is 6.16. The first-order valence-electron chi connectivity index (χ1n) is 8.01. The molecule has 0 saturated carbocycles. The molecule has 1 aliphatic heterocycles. The van der Waals surface area contributed by atoms with Crippen molar-refractivity contribution in [3.8, 4) is 0 Å². The van der Waals surface area contributed by atoms with Gasteiger partial charge in [0.2, 0.25) is 0 Å². The molecule has 27 heavy (non-hydrogen) atoms. The highest BCUT2D eigenvalue weighted by Gasteiger charge is 2.66. The van der Waals surface area contributed by atoms with E-state index in [4.69, 9.17) is 4.42 Å². The van der Waals surface area contributed by atoms with Gasteiger partial charge in [0, 0.05) is 5.56 Å². The van der Waals surface area contributed by atoms with E-state index in [-0.39, 0.29) is 17.9 Å². The minimum absolute atomic E-state index is 0.00522. The SMILES string of the molecule is CC1=NC(NC(=O)c2ccc(C)cc2)(C(F)(F)F)C(=O)N1Cc1ccco1. The van der Waals surface area contributed by atoms with Crippen LogP contribution in [0.5, 0.6) is 0 Å². The van der Waals surface area contributed by atoms with Gasteiger partial charge in [-0.2, -0.15) is 13.2 Å². The van der Waals surface area contributed by atoms with Gasteiger partial charge in [-0.1, -0.05) is 17.7 Å². The van der Waals surface area contributed by atoms with E-state index >= 15 is 0 Å². The predicted octanol–water partition coefficient (Wildman–Crippen LogP) is 3.04. The van der Waals surface area contributed by atoms with Crippen LogP contribution < -0.4 is 5.32 Å². The fourth-order valence-electron chi connectivity index (χ4n) is 2.72. The van der Waals surface area contributed by atoms with Crippen LogP contribution in [0.15, 0.2) is 52.1 Å². The minimum atomic E-state index is -5.12. The van der Waals surface area contributed by atoms with Crippen LogP contribution in [-0.2, 0) is 11.3 Å². The molecule has 1 aliphatic rings. The van der Waals surface area contributed by atoms with Crippen molar-refractivity contribution in [2.75, 3.05) is 0 Å². The van der Waals surface area contributed by atoms with Gasteiger partial charge in [0.15, 0.2) is 0 Å². The molecule has 1 aromatic heterocycles. The van der Waals surface area contributed by atoms with E-state index in [9.17, 15) is 22.8 Å². The number of amides is 2. The maximum absolute atomic E-state index is 13.8. The summed E-state index contributed by atoms with van der Waals surface area (Å²) in [7, 11) is 0. The van der Waals surface area contributed by atoms with E-state index in [1.54, 1.807) is 30.4 Å². The zero-order valence-electron chi connectivity index (χ0n) is 14.5. The van der Waals surface area contributed by atoms with E-state index < -0.39 is 23.7 Å². The Morgan fingerprint density at radius 1 is 1.22 bits per heavy atom. The van der Waals surface area contributed by atoms with E-state index in [1.165, 1.54) is 31.4 Å². The summed E-state index contributed by atoms with van der Waals surface area (Å²) in [5.41, 5.74) is -2.53. The molecule has 1 atom stereocenters. The Kier molecular flexibility index (Phi) is 4.54. The van der Waals surface area contributed by atoms with Gasteiger partial charge in [0.1, 0.15) is 11.6 Å². The van der Waals surface area contributed by atoms with Gasteiger partial charge in [-0.3, -0.25) is 14.5 Å². The lowest BCUT2D eigenvalue weighted by Gasteiger charge is -2.29. The molecule has 1 N–H and O–H groups in total. The molecule has 142 valence electrons. The number of carbonyl (C=O) groups is 2. The number of aliphatic imine (C=N–C) groups is 1. The van der Waals surface area contributed by atoms with Gasteiger partial charge in [0.25, 0.3) is 11.8 Å². The van der Waals surface area contributed by atoms with Crippen molar-refractivity contribution in [1.29, 1.82) is 0 Å². The summed E-state index contributed by atoms with van der Waals surface area (Å²) < 4.78 is 46.6. The number of carbonyl (C=O) groups excluding carboxylic acids is 2. The highest BCUT2D eigenvalue weighted by Crippen LogP contribution is 2.38. The van der Waals surface area contributed by atoms with E-state index in [0.717, 1.165) is 10.5 Å². The fraction of sp³-hybridized carbons (Fsp3) is 0.278. The molecule has 0 spiro atoms. The molecule has 3 rings (SSSR count). The van der Waals surface area contributed by atoms with Crippen LogP contribution in [0.1, 0.15) is 28.6 Å². The van der Waals surface area contributed by atoms with Gasteiger partial charge >= 0.3 is 11.8 Å². The molecule has 9 heteroatoms. The second kappa shape index (κ2) is 6.57. The Labute approximate surface area is 152 Å². The molecule has 0 saturated heterocycles. The van der Waals surface area contributed by atoms with E-state index in [0.29, 0.717) is 5.76 Å². The van der Waals surface area contributed by atoms with Crippen LogP contribution in [0, 0.1) is 6.92 Å². The summed E-state index contributed by atoms with van der Waals surface area (Å²) in [5.74, 6) is -2.31. The van der Waals surface area contributed by atoms with Crippen molar-refractivity contribution in [2.24, 2.45) is 4.99 Å². The number of alkyl halides is 3. The summed E-state index contributed by atoms with van der Waals surface area (Å²) in [5, 5.41) is 1.78. The van der Waals surface area contributed by atoms with Crippen LogP contribution in [0.2, 0.25) is 0 Å². The lowest BCUT2D eigenvalue weighted by atomic mass is 10.1. The van der Waals surface area contributed by atoms with Crippen LogP contribution >= 0.6 is 0 Å². The van der Waals surface area contributed by atoms with Gasteiger partial charge < -0.3 is 9.73 Å². The van der Waals surface area contributed by atoms with Crippen molar-refractivity contribution in [1.82, 2.24) is 10.2 Å². The van der Waals surface area contributed by atoms with Gasteiger partial charge in [-0.05, 0) is 38.1 Å². The fourth-order valence-corrected chi connectivity index (χ4v) is 2.72. The third-order valence-corrected chi connectivity index (χ3v) is 4.19. The molecule has 1 unspecified atom stereocenters. The molecule has 2 amide bonds. The molecule has 0 aliphatic carbocycles.